The first-order valence-corrected chi connectivity index (χ1v) is 14.5. The molecule has 1 aliphatic heterocycles. The summed E-state index contributed by atoms with van der Waals surface area (Å²) >= 11 is 1.46. The Balaban J connectivity index is 0.000000201. The van der Waals surface area contributed by atoms with Gasteiger partial charge in [0.2, 0.25) is 0 Å². The van der Waals surface area contributed by atoms with Gasteiger partial charge in [-0.2, -0.15) is 0 Å². The van der Waals surface area contributed by atoms with Gasteiger partial charge in [-0.25, -0.2) is 0 Å². The summed E-state index contributed by atoms with van der Waals surface area (Å²) in [6.45, 7) is 3.53. The number of carbonyl (C=O) groups is 1. The SMILES string of the molecule is CC(=O)SC1CCNC/C1=C\c1ccccc1.Cl.c1ccc(P(c2ccccc2)c2ccccc2)cc1. The topological polar surface area (TPSA) is 29.1 Å². The van der Waals surface area contributed by atoms with Crippen molar-refractivity contribution >= 4 is 59.2 Å². The third-order valence-electron chi connectivity index (χ3n) is 5.83. The van der Waals surface area contributed by atoms with Gasteiger partial charge in [-0.15, -0.1) is 12.4 Å². The quantitative estimate of drug-likeness (QED) is 0.287. The van der Waals surface area contributed by atoms with Crippen molar-refractivity contribution in [2.24, 2.45) is 0 Å². The summed E-state index contributed by atoms with van der Waals surface area (Å²) in [6, 6.07) is 42.6. The maximum atomic E-state index is 11.2. The zero-order valence-electron chi connectivity index (χ0n) is 21.0. The summed E-state index contributed by atoms with van der Waals surface area (Å²) in [4.78, 5) is 11.2. The lowest BCUT2D eigenvalue weighted by Crippen LogP contribution is -2.32. The van der Waals surface area contributed by atoms with Crippen LogP contribution in [0, 0.1) is 0 Å². The summed E-state index contributed by atoms with van der Waals surface area (Å²) in [7, 11) is -0.446. The van der Waals surface area contributed by atoms with E-state index in [0.717, 1.165) is 19.5 Å². The Morgan fingerprint density at radius 3 is 1.62 bits per heavy atom. The Bertz CT molecular complexity index is 1140. The Labute approximate surface area is 232 Å². The van der Waals surface area contributed by atoms with Crippen molar-refractivity contribution in [2.45, 2.75) is 18.6 Å². The minimum absolute atomic E-state index is 0. The van der Waals surface area contributed by atoms with Gasteiger partial charge in [-0.1, -0.05) is 139 Å². The summed E-state index contributed by atoms with van der Waals surface area (Å²) in [5.41, 5.74) is 2.53. The standard InChI is InChI=1S/C18H15P.C14H17NOS.ClH/c1-4-10-16(11-5-1)19(17-12-6-2-7-13-17)18-14-8-3-9-15-18;1-11(16)17-14-7-8-15-10-13(14)9-12-5-3-2-4-6-12;/h1-15H;2-6,9,14-15H,7-8,10H2,1H3;1H/b;13-9+;. The molecule has 1 aliphatic rings. The molecule has 190 valence electrons. The van der Waals surface area contributed by atoms with Gasteiger partial charge in [0.25, 0.3) is 0 Å². The second-order valence-corrected chi connectivity index (χ2v) is 12.1. The maximum absolute atomic E-state index is 11.2. The zero-order chi connectivity index (χ0) is 25.0. The molecule has 1 unspecified atom stereocenters. The highest BCUT2D eigenvalue weighted by Gasteiger charge is 2.20. The van der Waals surface area contributed by atoms with Crippen LogP contribution in [0.15, 0.2) is 127 Å². The molecule has 0 spiro atoms. The van der Waals surface area contributed by atoms with Crippen molar-refractivity contribution in [3.05, 3.63) is 132 Å². The van der Waals surface area contributed by atoms with Crippen LogP contribution in [0.2, 0.25) is 0 Å². The second kappa shape index (κ2) is 15.5. The van der Waals surface area contributed by atoms with Gasteiger partial charge in [-0.05, 0) is 47.9 Å². The summed E-state index contributed by atoms with van der Waals surface area (Å²) < 4.78 is 0. The third-order valence-corrected chi connectivity index (χ3v) is 9.43. The molecule has 1 atom stereocenters. The first kappa shape index (κ1) is 28.9. The van der Waals surface area contributed by atoms with E-state index >= 15 is 0 Å². The fourth-order valence-corrected chi connectivity index (χ4v) is 7.43. The number of nitrogens with one attached hydrogen (secondary N) is 1. The number of halogens is 1. The number of hydrogen-bond acceptors (Lipinski definition) is 3. The van der Waals surface area contributed by atoms with Gasteiger partial charge in [0.05, 0.1) is 0 Å². The fraction of sp³-hybridized carbons (Fsp3) is 0.156. The first-order valence-electron chi connectivity index (χ1n) is 12.3. The highest BCUT2D eigenvalue weighted by atomic mass is 35.5. The predicted octanol–water partition coefficient (Wildman–Crippen LogP) is 6.58. The van der Waals surface area contributed by atoms with Crippen LogP contribution in [0.3, 0.4) is 0 Å². The number of hydrogen-bond donors (Lipinski definition) is 1. The second-order valence-electron chi connectivity index (χ2n) is 8.54. The number of piperidine rings is 1. The smallest absolute Gasteiger partial charge is 0.186 e. The summed E-state index contributed by atoms with van der Waals surface area (Å²) in [6.07, 6.45) is 3.23. The molecular weight excluding hydrogens is 513 g/mol. The summed E-state index contributed by atoms with van der Waals surface area (Å²) in [5, 5.41) is 8.11. The van der Waals surface area contributed by atoms with E-state index in [1.165, 1.54) is 38.8 Å². The predicted molar refractivity (Wildman–Crippen MR) is 166 cm³/mol. The molecule has 1 fully saturated rings. The lowest BCUT2D eigenvalue weighted by Gasteiger charge is -2.25. The van der Waals surface area contributed by atoms with E-state index < -0.39 is 7.92 Å². The maximum Gasteiger partial charge on any atom is 0.186 e. The average molecular weight is 546 g/mol. The van der Waals surface area contributed by atoms with E-state index in [1.807, 2.05) is 18.2 Å². The molecule has 4 aromatic rings. The van der Waals surface area contributed by atoms with E-state index in [4.69, 9.17) is 0 Å². The van der Waals surface area contributed by atoms with Crippen LogP contribution in [0.25, 0.3) is 6.08 Å². The van der Waals surface area contributed by atoms with E-state index in [-0.39, 0.29) is 17.5 Å². The monoisotopic (exact) mass is 545 g/mol. The third kappa shape index (κ3) is 8.98. The van der Waals surface area contributed by atoms with E-state index in [0.29, 0.717) is 5.25 Å². The van der Waals surface area contributed by atoms with Crippen molar-refractivity contribution in [2.75, 3.05) is 13.1 Å². The van der Waals surface area contributed by atoms with Gasteiger partial charge >= 0.3 is 0 Å². The molecule has 0 bridgehead atoms. The van der Waals surface area contributed by atoms with E-state index in [1.54, 1.807) is 6.92 Å². The lowest BCUT2D eigenvalue weighted by atomic mass is 10.0. The molecule has 0 amide bonds. The van der Waals surface area contributed by atoms with Gasteiger partial charge in [0, 0.05) is 18.7 Å². The van der Waals surface area contributed by atoms with Crippen LogP contribution in [-0.2, 0) is 4.79 Å². The molecule has 2 nitrogen and oxygen atoms in total. The number of thioether (sulfide) groups is 1. The molecular formula is C32H33ClNOPS. The molecule has 37 heavy (non-hydrogen) atoms. The molecule has 1 saturated heterocycles. The van der Waals surface area contributed by atoms with Crippen molar-refractivity contribution in [3.63, 3.8) is 0 Å². The van der Waals surface area contributed by atoms with Crippen LogP contribution in [0.4, 0.5) is 0 Å². The van der Waals surface area contributed by atoms with Gasteiger partial charge in [0.15, 0.2) is 5.12 Å². The van der Waals surface area contributed by atoms with Crippen LogP contribution in [0.5, 0.6) is 0 Å². The molecule has 0 saturated carbocycles. The largest absolute Gasteiger partial charge is 0.313 e. The average Bonchev–Trinajstić information content (AvgIpc) is 2.93. The molecule has 5 heteroatoms. The van der Waals surface area contributed by atoms with Crippen LogP contribution < -0.4 is 21.2 Å². The van der Waals surface area contributed by atoms with Crippen molar-refractivity contribution in [3.8, 4) is 0 Å². The Hall–Kier alpha value is -2.68. The number of benzene rings is 4. The van der Waals surface area contributed by atoms with Crippen molar-refractivity contribution in [1.29, 1.82) is 0 Å². The molecule has 5 rings (SSSR count). The normalized spacial score (nSPS) is 15.8. The summed E-state index contributed by atoms with van der Waals surface area (Å²) in [5.74, 6) is 0. The molecule has 0 radical (unpaired) electrons. The molecule has 1 N–H and O–H groups in total. The highest BCUT2D eigenvalue weighted by molar-refractivity contribution is 8.14. The van der Waals surface area contributed by atoms with Crippen LogP contribution >= 0.6 is 32.1 Å². The molecule has 0 aliphatic carbocycles. The van der Waals surface area contributed by atoms with Crippen LogP contribution in [-0.4, -0.2) is 23.5 Å². The minimum atomic E-state index is -0.446. The van der Waals surface area contributed by atoms with Crippen LogP contribution in [0.1, 0.15) is 18.9 Å². The van der Waals surface area contributed by atoms with E-state index in [2.05, 4.69) is 115 Å². The Kier molecular flexibility index (Phi) is 12.1. The molecule has 4 aromatic carbocycles. The fourth-order valence-electron chi connectivity index (χ4n) is 4.19. The minimum Gasteiger partial charge on any atom is -0.313 e. The van der Waals surface area contributed by atoms with Gasteiger partial charge < -0.3 is 5.32 Å². The molecule has 0 aromatic heterocycles. The zero-order valence-corrected chi connectivity index (χ0v) is 23.5. The van der Waals surface area contributed by atoms with Crippen molar-refractivity contribution < 1.29 is 4.79 Å². The van der Waals surface area contributed by atoms with E-state index in [9.17, 15) is 4.79 Å². The number of rotatable bonds is 5. The van der Waals surface area contributed by atoms with Gasteiger partial charge in [-0.3, -0.25) is 4.79 Å². The van der Waals surface area contributed by atoms with Gasteiger partial charge in [0.1, 0.15) is 0 Å². The highest BCUT2D eigenvalue weighted by Crippen LogP contribution is 2.32. The Morgan fingerprint density at radius 1 is 0.757 bits per heavy atom. The number of carbonyl (C=O) groups excluding carboxylic acids is 1. The Morgan fingerprint density at radius 2 is 1.19 bits per heavy atom. The van der Waals surface area contributed by atoms with Crippen molar-refractivity contribution in [1.82, 2.24) is 5.32 Å². The first-order chi connectivity index (χ1) is 17.7. The molecule has 1 heterocycles. The lowest BCUT2D eigenvalue weighted by molar-refractivity contribution is -0.109.